The van der Waals surface area contributed by atoms with E-state index in [0.29, 0.717) is 24.9 Å². The highest BCUT2D eigenvalue weighted by Crippen LogP contribution is 2.20. The number of nitrogens with zero attached hydrogens (tertiary/aromatic N) is 5. The molecule has 1 aromatic rings. The third kappa shape index (κ3) is 3.81. The predicted molar refractivity (Wildman–Crippen MR) is 107 cm³/mol. The van der Waals surface area contributed by atoms with E-state index in [-0.39, 0.29) is 12.5 Å². The van der Waals surface area contributed by atoms with Gasteiger partial charge in [0.15, 0.2) is 6.61 Å². The molecule has 1 saturated heterocycles. The molecule has 0 unspecified atom stereocenters. The van der Waals surface area contributed by atoms with Crippen molar-refractivity contribution in [1.29, 1.82) is 0 Å². The Hall–Kier alpha value is -3.03. The first-order chi connectivity index (χ1) is 13.6. The Balaban J connectivity index is 1.26. The number of rotatable bonds is 5. The number of aliphatic imine (C=N–C) groups is 2. The van der Waals surface area contributed by atoms with Crippen LogP contribution in [0, 0.1) is 0 Å². The summed E-state index contributed by atoms with van der Waals surface area (Å²) in [6.07, 6.45) is 3.90. The lowest BCUT2D eigenvalue weighted by molar-refractivity contribution is -0.134. The number of hydrogen-bond donors (Lipinski definition) is 0. The van der Waals surface area contributed by atoms with Crippen LogP contribution in [-0.2, 0) is 4.79 Å². The third-order valence-corrected chi connectivity index (χ3v) is 5.21. The number of fused-ring (bicyclic) bond motifs is 1. The van der Waals surface area contributed by atoms with Crippen molar-refractivity contribution in [2.45, 2.75) is 13.0 Å². The highest BCUT2D eigenvalue weighted by molar-refractivity contribution is 6.03. The van der Waals surface area contributed by atoms with Crippen LogP contribution in [0.5, 0.6) is 11.5 Å². The predicted octanol–water partition coefficient (Wildman–Crippen LogP) is 1.20. The van der Waals surface area contributed by atoms with Gasteiger partial charge in [-0.05, 0) is 31.2 Å². The Morgan fingerprint density at radius 3 is 2.57 bits per heavy atom. The molecule has 1 atom stereocenters. The van der Waals surface area contributed by atoms with Crippen molar-refractivity contribution in [3.8, 4) is 11.5 Å². The van der Waals surface area contributed by atoms with Crippen LogP contribution >= 0.6 is 0 Å². The first-order valence-corrected chi connectivity index (χ1v) is 9.52. The summed E-state index contributed by atoms with van der Waals surface area (Å²) < 4.78 is 10.7. The molecule has 3 aliphatic rings. The minimum absolute atomic E-state index is 0.00300. The zero-order valence-electron chi connectivity index (χ0n) is 16.2. The molecule has 0 N–H and O–H groups in total. The molecule has 8 nitrogen and oxygen atoms in total. The number of benzene rings is 1. The van der Waals surface area contributed by atoms with Crippen molar-refractivity contribution in [2.75, 3.05) is 46.4 Å². The van der Waals surface area contributed by atoms with Gasteiger partial charge in [0.2, 0.25) is 0 Å². The van der Waals surface area contributed by atoms with Gasteiger partial charge < -0.3 is 24.2 Å². The van der Waals surface area contributed by atoms with E-state index in [1.807, 2.05) is 29.4 Å². The van der Waals surface area contributed by atoms with Crippen molar-refractivity contribution < 1.29 is 14.3 Å². The Morgan fingerprint density at radius 1 is 1.14 bits per heavy atom. The van der Waals surface area contributed by atoms with Gasteiger partial charge in [0.25, 0.3) is 5.91 Å². The van der Waals surface area contributed by atoms with E-state index in [1.165, 1.54) is 0 Å². The fourth-order valence-corrected chi connectivity index (χ4v) is 3.45. The normalized spacial score (nSPS) is 21.2. The average Bonchev–Trinajstić information content (AvgIpc) is 3.12. The standard InChI is InChI=1S/C20H25N5O3/c1-15-12-21-19-11-18(22-14-25(15)19)23-7-9-24(10-8-23)20(26)13-28-17-5-3-16(27-2)4-6-17/h3-6,11,14-15H,7-10,12-13H2,1-2H3/t15-/m1/s1. The van der Waals surface area contributed by atoms with Gasteiger partial charge >= 0.3 is 0 Å². The second kappa shape index (κ2) is 7.92. The van der Waals surface area contributed by atoms with Crippen LogP contribution in [0.25, 0.3) is 0 Å². The largest absolute Gasteiger partial charge is 0.497 e. The van der Waals surface area contributed by atoms with Crippen LogP contribution < -0.4 is 9.47 Å². The fraction of sp³-hybridized carbons (Fsp3) is 0.450. The van der Waals surface area contributed by atoms with Crippen molar-refractivity contribution >= 4 is 18.1 Å². The van der Waals surface area contributed by atoms with E-state index in [4.69, 9.17) is 9.47 Å². The molecule has 0 aliphatic carbocycles. The van der Waals surface area contributed by atoms with E-state index in [2.05, 4.69) is 26.7 Å². The Bertz CT molecular complexity index is 810. The van der Waals surface area contributed by atoms with Crippen LogP contribution in [0.15, 0.2) is 46.1 Å². The molecule has 4 rings (SSSR count). The van der Waals surface area contributed by atoms with Crippen molar-refractivity contribution in [1.82, 2.24) is 14.7 Å². The summed E-state index contributed by atoms with van der Waals surface area (Å²) >= 11 is 0. The summed E-state index contributed by atoms with van der Waals surface area (Å²) in [5.41, 5.74) is 0. The highest BCUT2D eigenvalue weighted by Gasteiger charge is 2.28. The van der Waals surface area contributed by atoms with E-state index < -0.39 is 0 Å². The zero-order valence-corrected chi connectivity index (χ0v) is 16.2. The number of piperazine rings is 1. The maximum Gasteiger partial charge on any atom is 0.260 e. The smallest absolute Gasteiger partial charge is 0.260 e. The molecular weight excluding hydrogens is 358 g/mol. The molecule has 1 amide bonds. The van der Waals surface area contributed by atoms with Gasteiger partial charge in [0.05, 0.1) is 26.0 Å². The van der Waals surface area contributed by atoms with Crippen LogP contribution in [0.3, 0.4) is 0 Å². The van der Waals surface area contributed by atoms with Gasteiger partial charge in [-0.3, -0.25) is 9.79 Å². The minimum atomic E-state index is -0.00300. The Labute approximate surface area is 164 Å². The van der Waals surface area contributed by atoms with Gasteiger partial charge in [-0.25, -0.2) is 4.99 Å². The van der Waals surface area contributed by atoms with Crippen LogP contribution in [-0.4, -0.2) is 85.3 Å². The molecule has 28 heavy (non-hydrogen) atoms. The molecule has 0 spiro atoms. The van der Waals surface area contributed by atoms with Crippen molar-refractivity contribution in [2.24, 2.45) is 9.98 Å². The average molecular weight is 383 g/mol. The fourth-order valence-electron chi connectivity index (χ4n) is 3.45. The molecule has 0 radical (unpaired) electrons. The molecule has 148 valence electrons. The van der Waals surface area contributed by atoms with Crippen LogP contribution in [0.4, 0.5) is 0 Å². The van der Waals surface area contributed by atoms with E-state index in [1.54, 1.807) is 19.2 Å². The molecule has 0 bridgehead atoms. The van der Waals surface area contributed by atoms with Crippen molar-refractivity contribution in [3.63, 3.8) is 0 Å². The SMILES string of the molecule is COc1ccc(OCC(=O)N2CCN(C3=CC4=NC[C@@H](C)N4C=N3)CC2)cc1. The molecule has 1 fully saturated rings. The van der Waals surface area contributed by atoms with E-state index in [9.17, 15) is 4.79 Å². The number of carbonyl (C=O) groups is 1. The Morgan fingerprint density at radius 2 is 1.86 bits per heavy atom. The highest BCUT2D eigenvalue weighted by atomic mass is 16.5. The van der Waals surface area contributed by atoms with Gasteiger partial charge in [-0.1, -0.05) is 0 Å². The van der Waals surface area contributed by atoms with E-state index in [0.717, 1.165) is 37.0 Å². The first-order valence-electron chi connectivity index (χ1n) is 9.52. The molecule has 3 aliphatic heterocycles. The maximum absolute atomic E-state index is 12.5. The maximum atomic E-state index is 12.5. The zero-order chi connectivity index (χ0) is 19.5. The number of carbonyl (C=O) groups excluding carboxylic acids is 1. The molecule has 0 aromatic heterocycles. The van der Waals surface area contributed by atoms with Crippen molar-refractivity contribution in [3.05, 3.63) is 36.2 Å². The summed E-state index contributed by atoms with van der Waals surface area (Å²) in [6, 6.07) is 7.60. The summed E-state index contributed by atoms with van der Waals surface area (Å²) in [6.45, 7) is 5.80. The van der Waals surface area contributed by atoms with Crippen LogP contribution in [0.2, 0.25) is 0 Å². The lowest BCUT2D eigenvalue weighted by Gasteiger charge is -2.37. The number of hydrogen-bond acceptors (Lipinski definition) is 7. The van der Waals surface area contributed by atoms with Gasteiger partial charge in [-0.15, -0.1) is 0 Å². The lowest BCUT2D eigenvalue weighted by Crippen LogP contribution is -2.50. The molecule has 1 aromatic carbocycles. The molecular formula is C20H25N5O3. The summed E-state index contributed by atoms with van der Waals surface area (Å²) in [7, 11) is 1.62. The second-order valence-corrected chi connectivity index (χ2v) is 7.03. The number of amidine groups is 1. The monoisotopic (exact) mass is 383 g/mol. The number of ether oxygens (including phenoxy) is 2. The second-order valence-electron chi connectivity index (χ2n) is 7.03. The number of methoxy groups -OCH3 is 1. The summed E-state index contributed by atoms with van der Waals surface area (Å²) in [5, 5.41) is 0. The quantitative estimate of drug-likeness (QED) is 0.764. The van der Waals surface area contributed by atoms with Crippen LogP contribution in [0.1, 0.15) is 6.92 Å². The Kier molecular flexibility index (Phi) is 5.18. The summed E-state index contributed by atoms with van der Waals surface area (Å²) in [4.78, 5) is 27.7. The summed E-state index contributed by atoms with van der Waals surface area (Å²) in [5.74, 6) is 3.31. The van der Waals surface area contributed by atoms with Gasteiger partial charge in [-0.2, -0.15) is 0 Å². The molecule has 0 saturated carbocycles. The molecule has 3 heterocycles. The number of amides is 1. The topological polar surface area (TPSA) is 70.0 Å². The van der Waals surface area contributed by atoms with E-state index >= 15 is 0 Å². The first kappa shape index (κ1) is 18.3. The third-order valence-electron chi connectivity index (χ3n) is 5.21. The van der Waals surface area contributed by atoms with Gasteiger partial charge in [0.1, 0.15) is 23.2 Å². The molecule has 8 heteroatoms. The van der Waals surface area contributed by atoms with Gasteiger partial charge in [0, 0.05) is 32.3 Å². The lowest BCUT2D eigenvalue weighted by atomic mass is 10.2. The minimum Gasteiger partial charge on any atom is -0.497 e.